The summed E-state index contributed by atoms with van der Waals surface area (Å²) in [6, 6.07) is 14.1. The van der Waals surface area contributed by atoms with E-state index in [2.05, 4.69) is 10.6 Å². The second kappa shape index (κ2) is 9.36. The number of carbonyl (C=O) groups excluding carboxylic acids is 3. The molecule has 0 saturated carbocycles. The monoisotopic (exact) mass is 354 g/mol. The number of anilines is 1. The Morgan fingerprint density at radius 3 is 2.15 bits per heavy atom. The highest BCUT2D eigenvalue weighted by atomic mass is 16.5. The maximum Gasteiger partial charge on any atom is 0.233 e. The molecule has 6 heteroatoms. The van der Waals surface area contributed by atoms with Gasteiger partial charge in [0.25, 0.3) is 0 Å². The van der Waals surface area contributed by atoms with E-state index in [0.29, 0.717) is 24.2 Å². The minimum absolute atomic E-state index is 0.0425. The number of ketones is 1. The quantitative estimate of drug-likeness (QED) is 0.564. The molecular weight excluding hydrogens is 332 g/mol. The molecule has 0 heterocycles. The van der Waals surface area contributed by atoms with Crippen LogP contribution in [0.1, 0.15) is 29.3 Å². The van der Waals surface area contributed by atoms with Crippen molar-refractivity contribution < 1.29 is 19.1 Å². The number of carbonyl (C=O) groups is 3. The normalized spacial score (nSPS) is 10.1. The number of benzene rings is 2. The van der Waals surface area contributed by atoms with Crippen molar-refractivity contribution in [3.05, 3.63) is 59.7 Å². The minimum Gasteiger partial charge on any atom is -0.497 e. The number of Topliss-reactive ketones (excluding diaryl/α,β-unsaturated/α-hetero) is 1. The average Bonchev–Trinajstić information content (AvgIpc) is 2.62. The van der Waals surface area contributed by atoms with Crippen molar-refractivity contribution in [3.8, 4) is 5.75 Å². The number of methoxy groups -OCH3 is 1. The van der Waals surface area contributed by atoms with Crippen LogP contribution in [-0.2, 0) is 16.0 Å². The Hall–Kier alpha value is -3.15. The van der Waals surface area contributed by atoms with E-state index >= 15 is 0 Å². The van der Waals surface area contributed by atoms with Crippen molar-refractivity contribution in [2.75, 3.05) is 19.0 Å². The van der Waals surface area contributed by atoms with E-state index in [0.717, 1.165) is 11.3 Å². The van der Waals surface area contributed by atoms with Crippen LogP contribution in [0.4, 0.5) is 5.69 Å². The summed E-state index contributed by atoms with van der Waals surface area (Å²) in [5, 5.41) is 5.36. The van der Waals surface area contributed by atoms with E-state index in [-0.39, 0.29) is 18.1 Å². The zero-order valence-electron chi connectivity index (χ0n) is 14.9. The molecule has 2 aromatic carbocycles. The molecule has 2 rings (SSSR count). The molecule has 0 unspecified atom stereocenters. The molecule has 0 fully saturated rings. The summed E-state index contributed by atoms with van der Waals surface area (Å²) < 4.78 is 5.09. The van der Waals surface area contributed by atoms with Gasteiger partial charge in [0.2, 0.25) is 11.8 Å². The van der Waals surface area contributed by atoms with Gasteiger partial charge in [-0.15, -0.1) is 0 Å². The molecule has 0 aromatic heterocycles. The maximum atomic E-state index is 11.9. The second-order valence-corrected chi connectivity index (χ2v) is 5.81. The predicted octanol–water partition coefficient (Wildman–Crippen LogP) is 2.59. The van der Waals surface area contributed by atoms with Crippen LogP contribution in [0, 0.1) is 0 Å². The average molecular weight is 354 g/mol. The molecule has 0 atom stereocenters. The molecule has 0 aliphatic rings. The summed E-state index contributed by atoms with van der Waals surface area (Å²) >= 11 is 0. The van der Waals surface area contributed by atoms with Crippen LogP contribution in [0.5, 0.6) is 5.75 Å². The number of rotatable bonds is 8. The van der Waals surface area contributed by atoms with E-state index in [1.54, 1.807) is 31.4 Å². The third-order valence-corrected chi connectivity index (χ3v) is 3.79. The van der Waals surface area contributed by atoms with Gasteiger partial charge in [-0.05, 0) is 55.3 Å². The van der Waals surface area contributed by atoms with Gasteiger partial charge >= 0.3 is 0 Å². The summed E-state index contributed by atoms with van der Waals surface area (Å²) in [5.74, 6) is 0.00352. The predicted molar refractivity (Wildman–Crippen MR) is 99.4 cm³/mol. The van der Waals surface area contributed by atoms with Crippen LogP contribution in [0.3, 0.4) is 0 Å². The van der Waals surface area contributed by atoms with Gasteiger partial charge in [0.15, 0.2) is 5.78 Å². The molecule has 0 aliphatic carbocycles. The summed E-state index contributed by atoms with van der Waals surface area (Å²) in [7, 11) is 1.61. The molecule has 2 N–H and O–H groups in total. The van der Waals surface area contributed by atoms with Crippen molar-refractivity contribution in [1.29, 1.82) is 0 Å². The molecule has 0 aliphatic heterocycles. The van der Waals surface area contributed by atoms with Gasteiger partial charge in [0.1, 0.15) is 12.2 Å². The van der Waals surface area contributed by atoms with Gasteiger partial charge in [-0.1, -0.05) is 12.1 Å². The van der Waals surface area contributed by atoms with Crippen molar-refractivity contribution in [2.45, 2.75) is 19.8 Å². The van der Waals surface area contributed by atoms with Crippen molar-refractivity contribution in [1.82, 2.24) is 5.32 Å². The van der Waals surface area contributed by atoms with Crippen LogP contribution in [0.25, 0.3) is 0 Å². The van der Waals surface area contributed by atoms with Crippen LogP contribution < -0.4 is 15.4 Å². The van der Waals surface area contributed by atoms with Crippen LogP contribution in [0.15, 0.2) is 48.5 Å². The number of nitrogens with one attached hydrogen (secondary N) is 2. The third-order valence-electron chi connectivity index (χ3n) is 3.79. The zero-order valence-corrected chi connectivity index (χ0v) is 14.9. The molecule has 6 nitrogen and oxygen atoms in total. The smallest absolute Gasteiger partial charge is 0.233 e. The largest absolute Gasteiger partial charge is 0.497 e. The minimum atomic E-state index is -0.400. The topological polar surface area (TPSA) is 84.5 Å². The summed E-state index contributed by atoms with van der Waals surface area (Å²) in [6.07, 6.45) is 0.418. The molecule has 2 amide bonds. The first-order valence-electron chi connectivity index (χ1n) is 8.28. The van der Waals surface area contributed by atoms with Crippen molar-refractivity contribution in [2.24, 2.45) is 0 Å². The number of amides is 2. The molecule has 0 saturated heterocycles. The van der Waals surface area contributed by atoms with Gasteiger partial charge in [-0.25, -0.2) is 0 Å². The Bertz CT molecular complexity index is 767. The first kappa shape index (κ1) is 19.2. The van der Waals surface area contributed by atoms with Crippen molar-refractivity contribution >= 4 is 23.3 Å². The van der Waals surface area contributed by atoms with Gasteiger partial charge in [0, 0.05) is 17.8 Å². The van der Waals surface area contributed by atoms with Crippen LogP contribution in [0.2, 0.25) is 0 Å². The molecule has 26 heavy (non-hydrogen) atoms. The summed E-state index contributed by atoms with van der Waals surface area (Å²) in [5.41, 5.74) is 2.19. The molecule has 0 radical (unpaired) electrons. The lowest BCUT2D eigenvalue weighted by molar-refractivity contribution is -0.126. The SMILES string of the molecule is COc1ccc(CCNC(=O)CC(=O)Nc2ccc(C(C)=O)cc2)cc1. The highest BCUT2D eigenvalue weighted by Crippen LogP contribution is 2.12. The van der Waals surface area contributed by atoms with Gasteiger partial charge in [-0.3, -0.25) is 14.4 Å². The van der Waals surface area contributed by atoms with E-state index in [1.165, 1.54) is 6.92 Å². The molecule has 2 aromatic rings. The van der Waals surface area contributed by atoms with E-state index in [9.17, 15) is 14.4 Å². The Morgan fingerprint density at radius 1 is 0.923 bits per heavy atom. The van der Waals surface area contributed by atoms with Gasteiger partial charge in [-0.2, -0.15) is 0 Å². The maximum absolute atomic E-state index is 11.9. The fourth-order valence-corrected chi connectivity index (χ4v) is 2.34. The third kappa shape index (κ3) is 6.05. The second-order valence-electron chi connectivity index (χ2n) is 5.81. The highest BCUT2D eigenvalue weighted by molar-refractivity contribution is 6.03. The Morgan fingerprint density at radius 2 is 1.58 bits per heavy atom. The molecule has 0 spiro atoms. The lowest BCUT2D eigenvalue weighted by Crippen LogP contribution is -2.29. The Labute approximate surface area is 152 Å². The van der Waals surface area contributed by atoms with E-state index in [1.807, 2.05) is 24.3 Å². The highest BCUT2D eigenvalue weighted by Gasteiger charge is 2.09. The lowest BCUT2D eigenvalue weighted by Gasteiger charge is -2.08. The number of hydrogen-bond acceptors (Lipinski definition) is 4. The fraction of sp³-hybridized carbons (Fsp3) is 0.250. The van der Waals surface area contributed by atoms with Crippen LogP contribution >= 0.6 is 0 Å². The first-order chi connectivity index (χ1) is 12.5. The van der Waals surface area contributed by atoms with E-state index < -0.39 is 5.91 Å². The number of ether oxygens (including phenoxy) is 1. The van der Waals surface area contributed by atoms with Crippen LogP contribution in [-0.4, -0.2) is 31.3 Å². The lowest BCUT2D eigenvalue weighted by atomic mass is 10.1. The molecule has 136 valence electrons. The zero-order chi connectivity index (χ0) is 18.9. The Kier molecular flexibility index (Phi) is 6.91. The first-order valence-corrected chi connectivity index (χ1v) is 8.28. The standard InChI is InChI=1S/C20H22N2O4/c1-14(23)16-5-7-17(8-6-16)22-20(25)13-19(24)21-12-11-15-3-9-18(26-2)10-4-15/h3-10H,11-13H2,1-2H3,(H,21,24)(H,22,25). The molecule has 0 bridgehead atoms. The summed E-state index contributed by atoms with van der Waals surface area (Å²) in [6.45, 7) is 1.93. The molecular formula is C20H22N2O4. The van der Waals surface area contributed by atoms with E-state index in [4.69, 9.17) is 4.74 Å². The van der Waals surface area contributed by atoms with Gasteiger partial charge < -0.3 is 15.4 Å². The number of hydrogen-bond donors (Lipinski definition) is 2. The summed E-state index contributed by atoms with van der Waals surface area (Å²) in [4.78, 5) is 34.9. The fourth-order valence-electron chi connectivity index (χ4n) is 2.34. The van der Waals surface area contributed by atoms with Gasteiger partial charge in [0.05, 0.1) is 7.11 Å². The Balaban J connectivity index is 1.72. The van der Waals surface area contributed by atoms with Crippen molar-refractivity contribution in [3.63, 3.8) is 0 Å².